The van der Waals surface area contributed by atoms with Gasteiger partial charge >= 0.3 is 0 Å². The summed E-state index contributed by atoms with van der Waals surface area (Å²) < 4.78 is 0. The molecule has 0 aliphatic heterocycles. The lowest BCUT2D eigenvalue weighted by atomic mass is 9.95. The summed E-state index contributed by atoms with van der Waals surface area (Å²) in [7, 11) is 1.98. The molecule has 0 bridgehead atoms. The number of thiophene rings is 1. The molecule has 4 nitrogen and oxygen atoms in total. The topological polar surface area (TPSA) is 72.6 Å². The van der Waals surface area contributed by atoms with Crippen molar-refractivity contribution >= 4 is 35.3 Å². The third-order valence-corrected chi connectivity index (χ3v) is 4.94. The fourth-order valence-corrected chi connectivity index (χ4v) is 3.32. The van der Waals surface area contributed by atoms with Gasteiger partial charge in [-0.2, -0.15) is 0 Å². The number of aryl methyl sites for hydroxylation is 1. The highest BCUT2D eigenvalue weighted by atomic mass is 35.5. The Bertz CT molecular complexity index is 680. The summed E-state index contributed by atoms with van der Waals surface area (Å²) in [4.78, 5) is 14.9. The molecule has 1 unspecified atom stereocenters. The SMILES string of the molecule is CNC(Cc1ccccc1NC(=O)C(C)(C)C)c1ccc(C)s1.Cl.O. The molecule has 140 valence electrons. The Balaban J connectivity index is 0.00000288. The molecule has 1 heterocycles. The first-order valence-electron chi connectivity index (χ1n) is 7.94. The first-order valence-corrected chi connectivity index (χ1v) is 8.76. The Labute approximate surface area is 160 Å². The molecule has 2 aromatic rings. The number of rotatable bonds is 5. The van der Waals surface area contributed by atoms with Crippen LogP contribution in [0.4, 0.5) is 5.69 Å². The van der Waals surface area contributed by atoms with Crippen molar-refractivity contribution in [3.63, 3.8) is 0 Å². The zero-order valence-electron chi connectivity index (χ0n) is 15.5. The molecule has 25 heavy (non-hydrogen) atoms. The quantitative estimate of drug-likeness (QED) is 0.812. The highest BCUT2D eigenvalue weighted by molar-refractivity contribution is 7.12. The minimum Gasteiger partial charge on any atom is -0.412 e. The number of carbonyl (C=O) groups is 1. The second kappa shape index (κ2) is 9.92. The monoisotopic (exact) mass is 384 g/mol. The van der Waals surface area contributed by atoms with E-state index in [-0.39, 0.29) is 29.8 Å². The maximum Gasteiger partial charge on any atom is 0.229 e. The number of benzene rings is 1. The van der Waals surface area contributed by atoms with Crippen molar-refractivity contribution in [1.29, 1.82) is 0 Å². The van der Waals surface area contributed by atoms with Crippen LogP contribution < -0.4 is 10.6 Å². The molecule has 0 fully saturated rings. The van der Waals surface area contributed by atoms with Gasteiger partial charge in [-0.15, -0.1) is 23.7 Å². The van der Waals surface area contributed by atoms with Gasteiger partial charge in [-0.3, -0.25) is 4.79 Å². The molecule has 1 atom stereocenters. The van der Waals surface area contributed by atoms with Crippen LogP contribution in [0.1, 0.15) is 42.1 Å². The molecule has 6 heteroatoms. The van der Waals surface area contributed by atoms with Crippen LogP contribution in [0.5, 0.6) is 0 Å². The normalized spacial score (nSPS) is 11.9. The fourth-order valence-electron chi connectivity index (χ4n) is 2.34. The molecule has 2 rings (SSSR count). The molecule has 1 amide bonds. The maximum absolute atomic E-state index is 12.3. The molecule has 1 aromatic heterocycles. The minimum absolute atomic E-state index is 0. The summed E-state index contributed by atoms with van der Waals surface area (Å²) in [5, 5.41) is 6.46. The molecule has 0 saturated carbocycles. The maximum atomic E-state index is 12.3. The van der Waals surface area contributed by atoms with Crippen LogP contribution in [0.3, 0.4) is 0 Å². The van der Waals surface area contributed by atoms with E-state index in [0.717, 1.165) is 17.7 Å². The van der Waals surface area contributed by atoms with Gasteiger partial charge in [0.05, 0.1) is 0 Å². The van der Waals surface area contributed by atoms with Crippen LogP contribution in [-0.4, -0.2) is 18.4 Å². The zero-order chi connectivity index (χ0) is 17.0. The van der Waals surface area contributed by atoms with Crippen molar-refractivity contribution < 1.29 is 10.3 Å². The number of anilines is 1. The minimum atomic E-state index is -0.402. The van der Waals surface area contributed by atoms with Crippen LogP contribution >= 0.6 is 23.7 Å². The van der Waals surface area contributed by atoms with Crippen LogP contribution in [0.15, 0.2) is 36.4 Å². The van der Waals surface area contributed by atoms with Crippen molar-refractivity contribution in [2.24, 2.45) is 5.41 Å². The van der Waals surface area contributed by atoms with Gasteiger partial charge in [0, 0.05) is 26.9 Å². The second-order valence-corrected chi connectivity index (χ2v) is 8.17. The van der Waals surface area contributed by atoms with Crippen molar-refractivity contribution in [1.82, 2.24) is 5.32 Å². The molecule has 0 aliphatic rings. The van der Waals surface area contributed by atoms with Crippen LogP contribution in [0.2, 0.25) is 0 Å². The number of nitrogens with one attached hydrogen (secondary N) is 2. The molecule has 0 spiro atoms. The smallest absolute Gasteiger partial charge is 0.229 e. The number of para-hydroxylation sites is 1. The lowest BCUT2D eigenvalue weighted by Gasteiger charge is -2.21. The first kappa shape index (κ1) is 23.6. The Hall–Kier alpha value is -1.40. The molecule has 1 aromatic carbocycles. The average Bonchev–Trinajstić information content (AvgIpc) is 2.91. The summed E-state index contributed by atoms with van der Waals surface area (Å²) in [6, 6.07) is 12.6. The highest BCUT2D eigenvalue weighted by Crippen LogP contribution is 2.28. The molecular formula is C19H29ClN2O2S. The van der Waals surface area contributed by atoms with Crippen molar-refractivity contribution in [3.8, 4) is 0 Å². The Kier molecular flexibility index (Phi) is 9.37. The predicted octanol–water partition coefficient (Wildman–Crippen LogP) is 4.14. The van der Waals surface area contributed by atoms with E-state index in [4.69, 9.17) is 0 Å². The Morgan fingerprint density at radius 2 is 1.80 bits per heavy atom. The first-order chi connectivity index (χ1) is 10.8. The number of amides is 1. The standard InChI is InChI=1S/C19H26N2OS.ClH.H2O/c1-13-10-11-17(23-13)16(20-5)12-14-8-6-7-9-15(14)21-18(22)19(2,3)4;;/h6-11,16,20H,12H2,1-5H3,(H,21,22);1H;1H2. The van der Waals surface area contributed by atoms with E-state index in [1.165, 1.54) is 9.75 Å². The van der Waals surface area contributed by atoms with Gasteiger partial charge in [-0.05, 0) is 44.2 Å². The summed E-state index contributed by atoms with van der Waals surface area (Å²) in [5.41, 5.74) is 1.65. The molecular weight excluding hydrogens is 356 g/mol. The summed E-state index contributed by atoms with van der Waals surface area (Å²) in [5.74, 6) is 0.0397. The van der Waals surface area contributed by atoms with Crippen molar-refractivity contribution in [2.75, 3.05) is 12.4 Å². The van der Waals surface area contributed by atoms with Gasteiger partial charge in [-0.1, -0.05) is 39.0 Å². The number of hydrogen-bond donors (Lipinski definition) is 2. The van der Waals surface area contributed by atoms with Crippen molar-refractivity contribution in [3.05, 3.63) is 51.7 Å². The lowest BCUT2D eigenvalue weighted by Crippen LogP contribution is -2.28. The van der Waals surface area contributed by atoms with E-state index in [1.807, 2.05) is 57.4 Å². The molecule has 0 radical (unpaired) electrons. The average molecular weight is 385 g/mol. The van der Waals surface area contributed by atoms with Gasteiger partial charge in [0.2, 0.25) is 5.91 Å². The lowest BCUT2D eigenvalue weighted by molar-refractivity contribution is -0.123. The number of hydrogen-bond acceptors (Lipinski definition) is 3. The third-order valence-electron chi connectivity index (χ3n) is 3.82. The molecule has 0 saturated heterocycles. The summed E-state index contributed by atoms with van der Waals surface area (Å²) in [6.07, 6.45) is 0.844. The van der Waals surface area contributed by atoms with Crippen molar-refractivity contribution in [2.45, 2.75) is 40.2 Å². The summed E-state index contributed by atoms with van der Waals surface area (Å²) >= 11 is 1.81. The summed E-state index contributed by atoms with van der Waals surface area (Å²) in [6.45, 7) is 7.90. The van der Waals surface area contributed by atoms with Crippen LogP contribution in [0, 0.1) is 12.3 Å². The van der Waals surface area contributed by atoms with Gasteiger partial charge in [0.25, 0.3) is 0 Å². The Morgan fingerprint density at radius 3 is 2.32 bits per heavy atom. The van der Waals surface area contributed by atoms with E-state index in [2.05, 4.69) is 35.8 Å². The van der Waals surface area contributed by atoms with Crippen LogP contribution in [0.25, 0.3) is 0 Å². The van der Waals surface area contributed by atoms with Gasteiger partial charge < -0.3 is 16.1 Å². The van der Waals surface area contributed by atoms with Gasteiger partial charge in [-0.25, -0.2) is 0 Å². The zero-order valence-corrected chi connectivity index (χ0v) is 17.1. The molecule has 0 aliphatic carbocycles. The van der Waals surface area contributed by atoms with E-state index < -0.39 is 5.41 Å². The second-order valence-electron chi connectivity index (χ2n) is 6.86. The van der Waals surface area contributed by atoms with E-state index in [1.54, 1.807) is 0 Å². The Morgan fingerprint density at radius 1 is 1.16 bits per heavy atom. The largest absolute Gasteiger partial charge is 0.412 e. The number of likely N-dealkylation sites (N-methyl/N-ethyl adjacent to an activating group) is 1. The highest BCUT2D eigenvalue weighted by Gasteiger charge is 2.22. The van der Waals surface area contributed by atoms with E-state index in [0.29, 0.717) is 0 Å². The van der Waals surface area contributed by atoms with Crippen LogP contribution in [-0.2, 0) is 11.2 Å². The third kappa shape index (κ3) is 6.44. The van der Waals surface area contributed by atoms with E-state index in [9.17, 15) is 4.79 Å². The number of carbonyl (C=O) groups excluding carboxylic acids is 1. The number of halogens is 1. The molecule has 4 N–H and O–H groups in total. The van der Waals surface area contributed by atoms with E-state index >= 15 is 0 Å². The predicted molar refractivity (Wildman–Crippen MR) is 110 cm³/mol. The fraction of sp³-hybridized carbons (Fsp3) is 0.421. The van der Waals surface area contributed by atoms with Gasteiger partial charge in [0.1, 0.15) is 0 Å². The van der Waals surface area contributed by atoms with Gasteiger partial charge in [0.15, 0.2) is 0 Å².